The number of thioether (sulfide) groups is 1. The second-order valence-electron chi connectivity index (χ2n) is 6.85. The summed E-state index contributed by atoms with van der Waals surface area (Å²) in [6.07, 6.45) is 5.68. The highest BCUT2D eigenvalue weighted by Gasteiger charge is 2.40. The number of hydrogen-bond acceptors (Lipinski definition) is 3. The van der Waals surface area contributed by atoms with E-state index in [0.717, 1.165) is 24.5 Å². The van der Waals surface area contributed by atoms with Gasteiger partial charge in [0.05, 0.1) is 0 Å². The second-order valence-corrected chi connectivity index (χ2v) is 8.00. The molecule has 3 fully saturated rings. The molecule has 2 saturated heterocycles. The Hall–Kier alpha value is -0.510. The maximum atomic E-state index is 3.85. The quantitative estimate of drug-likeness (QED) is 0.922. The molecule has 3 aliphatic rings. The van der Waals surface area contributed by atoms with E-state index >= 15 is 0 Å². The molecule has 3 heteroatoms. The molecule has 0 amide bonds. The van der Waals surface area contributed by atoms with Gasteiger partial charge in [0.15, 0.2) is 0 Å². The first-order chi connectivity index (χ1) is 10.4. The average molecular weight is 302 g/mol. The molecule has 1 saturated carbocycles. The van der Waals surface area contributed by atoms with Crippen molar-refractivity contribution in [1.82, 2.24) is 10.2 Å². The third kappa shape index (κ3) is 3.15. The van der Waals surface area contributed by atoms with Crippen molar-refractivity contribution < 1.29 is 0 Å². The number of benzene rings is 1. The molecular formula is C18H26N2S. The Morgan fingerprint density at radius 3 is 2.67 bits per heavy atom. The lowest BCUT2D eigenvalue weighted by Crippen LogP contribution is -2.57. The van der Waals surface area contributed by atoms with Crippen LogP contribution in [0.15, 0.2) is 30.3 Å². The van der Waals surface area contributed by atoms with Gasteiger partial charge in [-0.2, -0.15) is 11.8 Å². The highest BCUT2D eigenvalue weighted by Crippen LogP contribution is 2.38. The third-order valence-corrected chi connectivity index (χ3v) is 6.56. The van der Waals surface area contributed by atoms with Crippen LogP contribution < -0.4 is 5.32 Å². The fourth-order valence-electron chi connectivity index (χ4n) is 3.99. The molecule has 0 aromatic heterocycles. The van der Waals surface area contributed by atoms with Crippen LogP contribution in [0.1, 0.15) is 37.3 Å². The van der Waals surface area contributed by atoms with Crippen molar-refractivity contribution in [3.8, 4) is 0 Å². The lowest BCUT2D eigenvalue weighted by atomic mass is 9.96. The number of nitrogens with one attached hydrogen (secondary N) is 1. The Labute approximate surface area is 132 Å². The molecule has 1 aromatic carbocycles. The van der Waals surface area contributed by atoms with Crippen LogP contribution in [-0.4, -0.2) is 41.6 Å². The monoisotopic (exact) mass is 302 g/mol. The normalized spacial score (nSPS) is 34.8. The van der Waals surface area contributed by atoms with Gasteiger partial charge in [-0.1, -0.05) is 30.3 Å². The zero-order chi connectivity index (χ0) is 14.1. The van der Waals surface area contributed by atoms with Gasteiger partial charge in [0.25, 0.3) is 0 Å². The molecule has 4 rings (SSSR count). The molecule has 0 spiro atoms. The predicted octanol–water partition coefficient (Wildman–Crippen LogP) is 3.31. The topological polar surface area (TPSA) is 15.3 Å². The highest BCUT2D eigenvalue weighted by molar-refractivity contribution is 7.99. The van der Waals surface area contributed by atoms with Gasteiger partial charge in [-0.3, -0.25) is 4.90 Å². The van der Waals surface area contributed by atoms with Crippen molar-refractivity contribution in [2.45, 2.75) is 43.8 Å². The molecule has 1 aromatic rings. The Kier molecular flexibility index (Phi) is 4.24. The van der Waals surface area contributed by atoms with Crippen LogP contribution in [0.25, 0.3) is 0 Å². The lowest BCUT2D eigenvalue weighted by Gasteiger charge is -2.46. The molecule has 21 heavy (non-hydrogen) atoms. The summed E-state index contributed by atoms with van der Waals surface area (Å²) in [5.41, 5.74) is 1.50. The van der Waals surface area contributed by atoms with Gasteiger partial charge in [0.1, 0.15) is 0 Å². The summed E-state index contributed by atoms with van der Waals surface area (Å²) < 4.78 is 0. The highest BCUT2D eigenvalue weighted by atomic mass is 32.2. The van der Waals surface area contributed by atoms with Crippen LogP contribution in [0.2, 0.25) is 0 Å². The SMILES string of the molecule is c1ccc(C2CNC(C3CC3)CN2C2CCCSC2)cc1. The molecule has 2 heterocycles. The van der Waals surface area contributed by atoms with Gasteiger partial charge in [-0.15, -0.1) is 0 Å². The maximum Gasteiger partial charge on any atom is 0.0476 e. The lowest BCUT2D eigenvalue weighted by molar-refractivity contribution is 0.0792. The van der Waals surface area contributed by atoms with Crippen molar-refractivity contribution in [2.24, 2.45) is 5.92 Å². The summed E-state index contributed by atoms with van der Waals surface area (Å²) in [5.74, 6) is 3.66. The van der Waals surface area contributed by atoms with Crippen molar-refractivity contribution >= 4 is 11.8 Å². The van der Waals surface area contributed by atoms with E-state index in [-0.39, 0.29) is 0 Å². The molecule has 1 aliphatic carbocycles. The summed E-state index contributed by atoms with van der Waals surface area (Å²) in [6.45, 7) is 2.39. The largest absolute Gasteiger partial charge is 0.311 e. The second kappa shape index (κ2) is 6.31. The van der Waals surface area contributed by atoms with Gasteiger partial charge in [0, 0.05) is 37.0 Å². The fraction of sp³-hybridized carbons (Fsp3) is 0.667. The van der Waals surface area contributed by atoms with Gasteiger partial charge >= 0.3 is 0 Å². The van der Waals surface area contributed by atoms with Gasteiger partial charge < -0.3 is 5.32 Å². The predicted molar refractivity (Wildman–Crippen MR) is 90.8 cm³/mol. The van der Waals surface area contributed by atoms with E-state index in [1.165, 1.54) is 49.3 Å². The Morgan fingerprint density at radius 2 is 1.95 bits per heavy atom. The Morgan fingerprint density at radius 1 is 1.10 bits per heavy atom. The molecule has 0 radical (unpaired) electrons. The molecule has 2 aliphatic heterocycles. The van der Waals surface area contributed by atoms with E-state index in [1.54, 1.807) is 0 Å². The van der Waals surface area contributed by atoms with Crippen molar-refractivity contribution in [3.05, 3.63) is 35.9 Å². The minimum absolute atomic E-state index is 0.574. The van der Waals surface area contributed by atoms with Crippen molar-refractivity contribution in [3.63, 3.8) is 0 Å². The summed E-state index contributed by atoms with van der Waals surface area (Å²) in [6, 6.07) is 13.2. The number of hydrogen-bond donors (Lipinski definition) is 1. The third-order valence-electron chi connectivity index (χ3n) is 5.36. The molecule has 114 valence electrons. The first kappa shape index (κ1) is 14.1. The van der Waals surface area contributed by atoms with E-state index in [0.29, 0.717) is 6.04 Å². The average Bonchev–Trinajstić information content (AvgIpc) is 3.41. The van der Waals surface area contributed by atoms with Gasteiger partial charge in [-0.25, -0.2) is 0 Å². The van der Waals surface area contributed by atoms with Crippen LogP contribution in [0.3, 0.4) is 0 Å². The van der Waals surface area contributed by atoms with Crippen LogP contribution in [-0.2, 0) is 0 Å². The van der Waals surface area contributed by atoms with Crippen LogP contribution in [0.4, 0.5) is 0 Å². The zero-order valence-electron chi connectivity index (χ0n) is 12.7. The number of rotatable bonds is 3. The fourth-order valence-corrected chi connectivity index (χ4v) is 5.15. The van der Waals surface area contributed by atoms with E-state index in [4.69, 9.17) is 0 Å². The number of piperazine rings is 1. The molecule has 1 N–H and O–H groups in total. The minimum Gasteiger partial charge on any atom is -0.311 e. The van der Waals surface area contributed by atoms with Gasteiger partial charge in [-0.05, 0) is 42.9 Å². The Balaban J connectivity index is 1.55. The molecular weight excluding hydrogens is 276 g/mol. The van der Waals surface area contributed by atoms with E-state index in [9.17, 15) is 0 Å². The van der Waals surface area contributed by atoms with Gasteiger partial charge in [0.2, 0.25) is 0 Å². The van der Waals surface area contributed by atoms with E-state index in [2.05, 4.69) is 52.3 Å². The summed E-state index contributed by atoms with van der Waals surface area (Å²) in [4.78, 5) is 2.85. The smallest absolute Gasteiger partial charge is 0.0476 e. The van der Waals surface area contributed by atoms with Crippen molar-refractivity contribution in [1.29, 1.82) is 0 Å². The maximum absolute atomic E-state index is 3.85. The number of nitrogens with zero attached hydrogens (tertiary/aromatic N) is 1. The summed E-state index contributed by atoms with van der Waals surface area (Å²) in [5, 5.41) is 3.85. The first-order valence-corrected chi connectivity index (χ1v) is 9.69. The summed E-state index contributed by atoms with van der Waals surface area (Å²) in [7, 11) is 0. The van der Waals surface area contributed by atoms with E-state index < -0.39 is 0 Å². The standard InChI is InChI=1S/C18H26N2S/c1-2-5-15(6-3-1)18-11-19-17(14-8-9-14)12-20(18)16-7-4-10-21-13-16/h1-3,5-6,14,16-19H,4,7-13H2. The zero-order valence-corrected chi connectivity index (χ0v) is 13.5. The van der Waals surface area contributed by atoms with E-state index in [1.807, 2.05) is 0 Å². The van der Waals surface area contributed by atoms with Crippen molar-refractivity contribution in [2.75, 3.05) is 24.6 Å². The minimum atomic E-state index is 0.574. The van der Waals surface area contributed by atoms with Crippen LogP contribution >= 0.6 is 11.8 Å². The van der Waals surface area contributed by atoms with Crippen LogP contribution in [0, 0.1) is 5.92 Å². The van der Waals surface area contributed by atoms with Crippen LogP contribution in [0.5, 0.6) is 0 Å². The Bertz CT molecular complexity index is 454. The molecule has 0 bridgehead atoms. The molecule has 3 unspecified atom stereocenters. The molecule has 2 nitrogen and oxygen atoms in total. The first-order valence-electron chi connectivity index (χ1n) is 8.53. The summed E-state index contributed by atoms with van der Waals surface area (Å²) >= 11 is 2.16. The molecule has 3 atom stereocenters.